The van der Waals surface area contributed by atoms with Gasteiger partial charge in [0.25, 0.3) is 0 Å². The molecule has 64 valence electrons. The standard InChI is InChI=1S/C7H14N2O2/c1-8-4-3-6-5-9(2)7(10)11-6/h6,8H,3-5H2,1-2H3. The zero-order valence-electron chi connectivity index (χ0n) is 6.96. The molecule has 1 aliphatic rings. The van der Waals surface area contributed by atoms with Crippen molar-refractivity contribution in [3.8, 4) is 0 Å². The molecule has 1 rings (SSSR count). The van der Waals surface area contributed by atoms with Crippen molar-refractivity contribution in [3.05, 3.63) is 0 Å². The van der Waals surface area contributed by atoms with E-state index in [0.29, 0.717) is 0 Å². The zero-order chi connectivity index (χ0) is 8.27. The van der Waals surface area contributed by atoms with Gasteiger partial charge in [-0.25, -0.2) is 4.79 Å². The molecule has 1 atom stereocenters. The lowest BCUT2D eigenvalue weighted by Gasteiger charge is -2.05. The van der Waals surface area contributed by atoms with E-state index in [9.17, 15) is 4.79 Å². The molecule has 1 saturated heterocycles. The first kappa shape index (κ1) is 8.33. The normalized spacial score (nSPS) is 24.0. The Labute approximate surface area is 66.5 Å². The van der Waals surface area contributed by atoms with Crippen molar-refractivity contribution in [3.63, 3.8) is 0 Å². The number of hydrogen-bond acceptors (Lipinski definition) is 3. The summed E-state index contributed by atoms with van der Waals surface area (Å²) in [5, 5.41) is 3.01. The molecule has 4 nitrogen and oxygen atoms in total. The molecule has 1 fully saturated rings. The SMILES string of the molecule is CNCCC1CN(C)C(=O)O1. The summed E-state index contributed by atoms with van der Waals surface area (Å²) < 4.78 is 5.02. The number of nitrogens with one attached hydrogen (secondary N) is 1. The molecular weight excluding hydrogens is 144 g/mol. The molecule has 0 aromatic rings. The summed E-state index contributed by atoms with van der Waals surface area (Å²) in [5.74, 6) is 0. The topological polar surface area (TPSA) is 41.6 Å². The second-order valence-corrected chi connectivity index (χ2v) is 2.78. The number of cyclic esters (lactones) is 1. The summed E-state index contributed by atoms with van der Waals surface area (Å²) in [6, 6.07) is 0. The first-order valence-corrected chi connectivity index (χ1v) is 3.80. The summed E-state index contributed by atoms with van der Waals surface area (Å²) in [6.07, 6.45) is 0.776. The summed E-state index contributed by atoms with van der Waals surface area (Å²) in [4.78, 5) is 12.4. The Bertz CT molecular complexity index is 149. The Morgan fingerprint density at radius 2 is 2.55 bits per heavy atom. The summed E-state index contributed by atoms with van der Waals surface area (Å²) in [6.45, 7) is 1.62. The maximum atomic E-state index is 10.8. The van der Waals surface area contributed by atoms with E-state index in [1.807, 2.05) is 7.05 Å². The van der Waals surface area contributed by atoms with E-state index in [0.717, 1.165) is 19.5 Å². The molecule has 1 amide bonds. The van der Waals surface area contributed by atoms with Gasteiger partial charge in [0, 0.05) is 7.05 Å². The van der Waals surface area contributed by atoms with E-state index in [4.69, 9.17) is 4.74 Å². The predicted octanol–water partition coefficient (Wildman–Crippen LogP) is 0.0465. The minimum Gasteiger partial charge on any atom is -0.444 e. The third-order valence-electron chi connectivity index (χ3n) is 1.77. The van der Waals surface area contributed by atoms with Gasteiger partial charge in [-0.2, -0.15) is 0 Å². The van der Waals surface area contributed by atoms with Gasteiger partial charge in [-0.1, -0.05) is 0 Å². The highest BCUT2D eigenvalue weighted by molar-refractivity contribution is 5.69. The van der Waals surface area contributed by atoms with Gasteiger partial charge in [-0.05, 0) is 20.0 Å². The first-order valence-electron chi connectivity index (χ1n) is 3.80. The summed E-state index contributed by atoms with van der Waals surface area (Å²) in [5.41, 5.74) is 0. The molecule has 0 aromatic heterocycles. The highest BCUT2D eigenvalue weighted by atomic mass is 16.6. The van der Waals surface area contributed by atoms with Gasteiger partial charge in [0.2, 0.25) is 0 Å². The third kappa shape index (κ3) is 2.08. The van der Waals surface area contributed by atoms with Crippen molar-refractivity contribution in [1.29, 1.82) is 0 Å². The second-order valence-electron chi connectivity index (χ2n) is 2.78. The average molecular weight is 158 g/mol. The number of hydrogen-bond donors (Lipinski definition) is 1. The maximum Gasteiger partial charge on any atom is 0.409 e. The molecular formula is C7H14N2O2. The van der Waals surface area contributed by atoms with Crippen LogP contribution in [0.2, 0.25) is 0 Å². The van der Waals surface area contributed by atoms with E-state index in [-0.39, 0.29) is 12.2 Å². The summed E-state index contributed by atoms with van der Waals surface area (Å²) in [7, 11) is 3.64. The largest absolute Gasteiger partial charge is 0.444 e. The van der Waals surface area contributed by atoms with E-state index in [1.165, 1.54) is 0 Å². The fourth-order valence-electron chi connectivity index (χ4n) is 1.11. The molecule has 11 heavy (non-hydrogen) atoms. The number of nitrogens with zero attached hydrogens (tertiary/aromatic N) is 1. The Balaban J connectivity index is 2.24. The molecule has 1 N–H and O–H groups in total. The van der Waals surface area contributed by atoms with Crippen molar-refractivity contribution in [2.75, 3.05) is 27.2 Å². The van der Waals surface area contributed by atoms with Crippen LogP contribution in [0.3, 0.4) is 0 Å². The van der Waals surface area contributed by atoms with Gasteiger partial charge in [-0.3, -0.25) is 0 Å². The van der Waals surface area contributed by atoms with Gasteiger partial charge in [0.05, 0.1) is 6.54 Å². The molecule has 0 saturated carbocycles. The molecule has 1 aliphatic heterocycles. The number of amides is 1. The lowest BCUT2D eigenvalue weighted by Crippen LogP contribution is -2.21. The quantitative estimate of drug-likeness (QED) is 0.631. The van der Waals surface area contributed by atoms with Crippen LogP contribution >= 0.6 is 0 Å². The zero-order valence-corrected chi connectivity index (χ0v) is 6.96. The molecule has 0 radical (unpaired) electrons. The van der Waals surface area contributed by atoms with Crippen molar-refractivity contribution in [2.24, 2.45) is 0 Å². The molecule has 0 aromatic carbocycles. The van der Waals surface area contributed by atoms with Crippen LogP contribution in [-0.2, 0) is 4.74 Å². The molecule has 1 heterocycles. The molecule has 1 unspecified atom stereocenters. The van der Waals surface area contributed by atoms with Crippen LogP contribution in [0.1, 0.15) is 6.42 Å². The van der Waals surface area contributed by atoms with Gasteiger partial charge in [0.1, 0.15) is 6.10 Å². The van der Waals surface area contributed by atoms with Crippen molar-refractivity contribution >= 4 is 6.09 Å². The minimum absolute atomic E-state index is 0.0833. The monoisotopic (exact) mass is 158 g/mol. The molecule has 0 aliphatic carbocycles. The van der Waals surface area contributed by atoms with Crippen LogP contribution in [0, 0.1) is 0 Å². The van der Waals surface area contributed by atoms with Crippen LogP contribution in [0.4, 0.5) is 4.79 Å². The highest BCUT2D eigenvalue weighted by Crippen LogP contribution is 2.10. The third-order valence-corrected chi connectivity index (χ3v) is 1.77. The van der Waals surface area contributed by atoms with Gasteiger partial charge < -0.3 is 15.0 Å². The van der Waals surface area contributed by atoms with Crippen LogP contribution in [0.15, 0.2) is 0 Å². The van der Waals surface area contributed by atoms with Crippen molar-refractivity contribution in [2.45, 2.75) is 12.5 Å². The van der Waals surface area contributed by atoms with E-state index >= 15 is 0 Å². The number of likely N-dealkylation sites (N-methyl/N-ethyl adjacent to an activating group) is 1. The average Bonchev–Trinajstić information content (AvgIpc) is 2.28. The fourth-order valence-corrected chi connectivity index (χ4v) is 1.11. The van der Waals surface area contributed by atoms with Gasteiger partial charge in [-0.15, -0.1) is 0 Å². The molecule has 0 spiro atoms. The Hall–Kier alpha value is -0.770. The number of rotatable bonds is 3. The molecule has 4 heteroatoms. The van der Waals surface area contributed by atoms with Crippen LogP contribution in [0.25, 0.3) is 0 Å². The Kier molecular flexibility index (Phi) is 2.70. The lowest BCUT2D eigenvalue weighted by atomic mass is 10.2. The van der Waals surface area contributed by atoms with Crippen molar-refractivity contribution in [1.82, 2.24) is 10.2 Å². The second kappa shape index (κ2) is 3.57. The Morgan fingerprint density at radius 1 is 1.82 bits per heavy atom. The van der Waals surface area contributed by atoms with Crippen LogP contribution < -0.4 is 5.32 Å². The van der Waals surface area contributed by atoms with E-state index in [2.05, 4.69) is 5.32 Å². The van der Waals surface area contributed by atoms with E-state index in [1.54, 1.807) is 11.9 Å². The first-order chi connectivity index (χ1) is 5.24. The van der Waals surface area contributed by atoms with E-state index < -0.39 is 0 Å². The van der Waals surface area contributed by atoms with Crippen LogP contribution in [-0.4, -0.2) is 44.3 Å². The van der Waals surface area contributed by atoms with Gasteiger partial charge in [0.15, 0.2) is 0 Å². The highest BCUT2D eigenvalue weighted by Gasteiger charge is 2.27. The van der Waals surface area contributed by atoms with Crippen molar-refractivity contribution < 1.29 is 9.53 Å². The smallest absolute Gasteiger partial charge is 0.409 e. The maximum absolute atomic E-state index is 10.8. The van der Waals surface area contributed by atoms with Crippen LogP contribution in [0.5, 0.6) is 0 Å². The lowest BCUT2D eigenvalue weighted by molar-refractivity contribution is 0.131. The number of carbonyl (C=O) groups excluding carboxylic acids is 1. The van der Waals surface area contributed by atoms with Gasteiger partial charge >= 0.3 is 6.09 Å². The number of carbonyl (C=O) groups is 1. The molecule has 0 bridgehead atoms. The number of ether oxygens (including phenoxy) is 1. The fraction of sp³-hybridized carbons (Fsp3) is 0.857. The predicted molar refractivity (Wildman–Crippen MR) is 41.4 cm³/mol. The Morgan fingerprint density at radius 3 is 3.00 bits per heavy atom. The minimum atomic E-state index is -0.203. The summed E-state index contributed by atoms with van der Waals surface area (Å²) >= 11 is 0.